The van der Waals surface area contributed by atoms with Gasteiger partial charge in [-0.1, -0.05) is 0 Å². The summed E-state index contributed by atoms with van der Waals surface area (Å²) in [5.74, 6) is -0.747. The van der Waals surface area contributed by atoms with Crippen molar-refractivity contribution in [3.05, 3.63) is 0 Å². The number of ether oxygens (including phenoxy) is 1. The highest BCUT2D eigenvalue weighted by molar-refractivity contribution is 5.89. The second-order valence-electron chi connectivity index (χ2n) is 4.27. The third-order valence-corrected chi connectivity index (χ3v) is 3.34. The maximum Gasteiger partial charge on any atom is 0.190 e. The average Bonchev–Trinajstić information content (AvgIpc) is 2.29. The van der Waals surface area contributed by atoms with Gasteiger partial charge < -0.3 is 14.9 Å². The van der Waals surface area contributed by atoms with Gasteiger partial charge in [0.2, 0.25) is 0 Å². The van der Waals surface area contributed by atoms with Crippen LogP contribution >= 0.6 is 0 Å². The Morgan fingerprint density at radius 1 is 1.46 bits per heavy atom. The molecule has 1 aliphatic carbocycles. The topological polar surface area (TPSA) is 66.8 Å². The van der Waals surface area contributed by atoms with Crippen LogP contribution in [0.2, 0.25) is 0 Å². The summed E-state index contributed by atoms with van der Waals surface area (Å²) in [5, 5.41) is 19.9. The van der Waals surface area contributed by atoms with E-state index in [4.69, 9.17) is 4.74 Å². The van der Waals surface area contributed by atoms with Gasteiger partial charge >= 0.3 is 0 Å². The zero-order valence-electron chi connectivity index (χ0n) is 7.62. The minimum absolute atomic E-state index is 0.0247. The van der Waals surface area contributed by atoms with Crippen LogP contribution in [-0.4, -0.2) is 40.4 Å². The van der Waals surface area contributed by atoms with Crippen molar-refractivity contribution < 1.29 is 19.7 Å². The highest BCUT2D eigenvalue weighted by atomic mass is 16.5. The number of hydrogen-bond donors (Lipinski definition) is 2. The molecule has 3 atom stereocenters. The van der Waals surface area contributed by atoms with Gasteiger partial charge in [-0.2, -0.15) is 0 Å². The molecule has 1 saturated heterocycles. The van der Waals surface area contributed by atoms with Crippen LogP contribution in [0.15, 0.2) is 0 Å². The summed E-state index contributed by atoms with van der Waals surface area (Å²) in [4.78, 5) is 11.4. The monoisotopic (exact) mass is 186 g/mol. The number of carbonyl (C=O) groups is 1. The summed E-state index contributed by atoms with van der Waals surface area (Å²) >= 11 is 0. The maximum absolute atomic E-state index is 11.4. The number of hydrogen-bond acceptors (Lipinski definition) is 4. The molecule has 4 nitrogen and oxygen atoms in total. The summed E-state index contributed by atoms with van der Waals surface area (Å²) in [6, 6.07) is 0. The van der Waals surface area contributed by atoms with E-state index in [0.717, 1.165) is 0 Å². The summed E-state index contributed by atoms with van der Waals surface area (Å²) in [7, 11) is 0. The van der Waals surface area contributed by atoms with E-state index in [9.17, 15) is 15.0 Å². The molecule has 0 radical (unpaired) electrons. The van der Waals surface area contributed by atoms with E-state index in [0.29, 0.717) is 12.8 Å². The lowest BCUT2D eigenvalue weighted by Gasteiger charge is -2.37. The zero-order valence-corrected chi connectivity index (χ0v) is 7.62. The molecule has 0 aromatic carbocycles. The molecule has 13 heavy (non-hydrogen) atoms. The van der Waals surface area contributed by atoms with Crippen molar-refractivity contribution in [2.75, 3.05) is 13.2 Å². The zero-order chi connectivity index (χ0) is 9.69. The van der Waals surface area contributed by atoms with E-state index in [1.807, 2.05) is 0 Å². The number of fused-ring (bicyclic) bond motifs is 1. The van der Waals surface area contributed by atoms with Gasteiger partial charge in [-0.15, -0.1) is 0 Å². The van der Waals surface area contributed by atoms with Crippen LogP contribution in [0.4, 0.5) is 0 Å². The van der Waals surface area contributed by atoms with E-state index < -0.39 is 17.1 Å². The minimum Gasteiger partial charge on any atom is -0.390 e. The first kappa shape index (κ1) is 9.12. The predicted molar refractivity (Wildman–Crippen MR) is 44.1 cm³/mol. The second kappa shape index (κ2) is 2.53. The van der Waals surface area contributed by atoms with E-state index in [2.05, 4.69) is 0 Å². The van der Waals surface area contributed by atoms with Gasteiger partial charge in [0.05, 0.1) is 12.2 Å². The molecule has 2 aliphatic rings. The van der Waals surface area contributed by atoms with Gasteiger partial charge in [0.15, 0.2) is 5.78 Å². The Hall–Kier alpha value is -0.450. The molecule has 0 bridgehead atoms. The van der Waals surface area contributed by atoms with Crippen molar-refractivity contribution in [3.8, 4) is 0 Å². The molecule has 1 aliphatic heterocycles. The molecule has 0 aromatic heterocycles. The molecule has 0 spiro atoms. The third-order valence-electron chi connectivity index (χ3n) is 3.34. The Labute approximate surface area is 76.5 Å². The fourth-order valence-electron chi connectivity index (χ4n) is 2.35. The van der Waals surface area contributed by atoms with Crippen LogP contribution in [0.1, 0.15) is 19.8 Å². The molecule has 2 rings (SSSR count). The number of rotatable bonds is 0. The smallest absolute Gasteiger partial charge is 0.190 e. The minimum atomic E-state index is -1.33. The lowest BCUT2D eigenvalue weighted by atomic mass is 9.80. The summed E-state index contributed by atoms with van der Waals surface area (Å²) in [6.07, 6.45) is 0.816. The van der Waals surface area contributed by atoms with E-state index in [1.165, 1.54) is 0 Å². The average molecular weight is 186 g/mol. The summed E-state index contributed by atoms with van der Waals surface area (Å²) in [6.45, 7) is 1.90. The summed E-state index contributed by atoms with van der Waals surface area (Å²) < 4.78 is 5.03. The van der Waals surface area contributed by atoms with Gasteiger partial charge in [0, 0.05) is 5.92 Å². The molecule has 2 fully saturated rings. The van der Waals surface area contributed by atoms with Crippen LogP contribution in [0, 0.1) is 5.92 Å². The van der Waals surface area contributed by atoms with Gasteiger partial charge in [0.1, 0.15) is 12.2 Å². The van der Waals surface area contributed by atoms with Gasteiger partial charge in [-0.3, -0.25) is 4.79 Å². The molecule has 0 aromatic rings. The highest BCUT2D eigenvalue weighted by Gasteiger charge is 2.58. The number of ketones is 1. The number of aliphatic hydroxyl groups is 2. The normalized spacial score (nSPS) is 50.7. The molecule has 2 unspecified atom stereocenters. The van der Waals surface area contributed by atoms with E-state index in [1.54, 1.807) is 6.92 Å². The molecule has 1 heterocycles. The molecule has 2 N–H and O–H groups in total. The van der Waals surface area contributed by atoms with Gasteiger partial charge in [-0.25, -0.2) is 0 Å². The number of carbonyl (C=O) groups excluding carboxylic acids is 1. The molecular formula is C9H14O4. The summed E-state index contributed by atoms with van der Waals surface area (Å²) in [5.41, 5.74) is -2.30. The fraction of sp³-hybridized carbons (Fsp3) is 0.889. The number of Topliss-reactive ketones (excluding diaryl/α,β-unsaturated/α-hetero) is 1. The van der Waals surface area contributed by atoms with Crippen molar-refractivity contribution in [1.82, 2.24) is 0 Å². The Morgan fingerprint density at radius 3 is 2.77 bits per heavy atom. The Bertz CT molecular complexity index is 248. The lowest BCUT2D eigenvalue weighted by molar-refractivity contribution is -0.170. The molecule has 0 amide bonds. The van der Waals surface area contributed by atoms with Crippen LogP contribution in [0.25, 0.3) is 0 Å². The third kappa shape index (κ3) is 1.13. The molecule has 1 saturated carbocycles. The second-order valence-corrected chi connectivity index (χ2v) is 4.27. The highest BCUT2D eigenvalue weighted by Crippen LogP contribution is 2.45. The first-order valence-electron chi connectivity index (χ1n) is 4.52. The van der Waals surface area contributed by atoms with Crippen molar-refractivity contribution in [3.63, 3.8) is 0 Å². The quantitative estimate of drug-likeness (QED) is 0.534. The molecule has 74 valence electrons. The molecule has 4 heteroatoms. The Balaban J connectivity index is 2.33. The van der Waals surface area contributed by atoms with Gasteiger partial charge in [0.25, 0.3) is 0 Å². The Kier molecular flexibility index (Phi) is 1.77. The Morgan fingerprint density at radius 2 is 2.15 bits per heavy atom. The van der Waals surface area contributed by atoms with Crippen molar-refractivity contribution in [2.24, 2.45) is 5.92 Å². The standard InChI is InChI=1S/C9H14O4/c1-8(11)2-3-9(12)6(8)4-13-5-7(9)10/h6,11-12H,2-5H2,1H3/t6?,8-,9?/m0/s1. The van der Waals surface area contributed by atoms with Gasteiger partial charge in [-0.05, 0) is 19.8 Å². The van der Waals surface area contributed by atoms with Crippen molar-refractivity contribution in [2.45, 2.75) is 31.0 Å². The lowest BCUT2D eigenvalue weighted by Crippen LogP contribution is -2.55. The maximum atomic E-state index is 11.4. The van der Waals surface area contributed by atoms with Crippen LogP contribution in [0.3, 0.4) is 0 Å². The van der Waals surface area contributed by atoms with Crippen LogP contribution in [0.5, 0.6) is 0 Å². The van der Waals surface area contributed by atoms with E-state index in [-0.39, 0.29) is 19.0 Å². The van der Waals surface area contributed by atoms with Crippen molar-refractivity contribution in [1.29, 1.82) is 0 Å². The fourth-order valence-corrected chi connectivity index (χ4v) is 2.35. The molecular weight excluding hydrogens is 172 g/mol. The largest absolute Gasteiger partial charge is 0.390 e. The van der Waals surface area contributed by atoms with Crippen LogP contribution in [-0.2, 0) is 9.53 Å². The first-order valence-corrected chi connectivity index (χ1v) is 4.52. The first-order chi connectivity index (χ1) is 5.97. The van der Waals surface area contributed by atoms with E-state index >= 15 is 0 Å². The van der Waals surface area contributed by atoms with Crippen molar-refractivity contribution >= 4 is 5.78 Å². The van der Waals surface area contributed by atoms with Crippen LogP contribution < -0.4 is 0 Å². The predicted octanol–water partition coefficient (Wildman–Crippen LogP) is -0.522. The SMILES string of the molecule is C[C@]1(O)CCC2(O)C(=O)COCC21.